The number of carboxylic acid groups (broad SMARTS) is 1. The fraction of sp³-hybridized carbons (Fsp3) is 0.440. The van der Waals surface area contributed by atoms with Crippen LogP contribution in [0.25, 0.3) is 0 Å². The lowest BCUT2D eigenvalue weighted by atomic mass is 9.88. The number of aromatic carboxylic acids is 1. The summed E-state index contributed by atoms with van der Waals surface area (Å²) >= 11 is 0. The standard InChI is InChI=1S/C25H31NO3/c1-17(2)20-9-6-19(7-10-20)8-13-24(27)26-14-4-5-22(16-26)21-11-12-23(25(28)29)18(3)15-21/h6-7,9-12,15,17,22H,4-5,8,13-14,16H2,1-3H3,(H,28,29). The highest BCUT2D eigenvalue weighted by Gasteiger charge is 2.25. The van der Waals surface area contributed by atoms with E-state index in [0.717, 1.165) is 43.5 Å². The molecule has 1 amide bonds. The van der Waals surface area contributed by atoms with Crippen LogP contribution in [-0.4, -0.2) is 35.0 Å². The molecule has 1 heterocycles. The quantitative estimate of drug-likeness (QED) is 0.738. The molecule has 2 aromatic carbocycles. The van der Waals surface area contributed by atoms with Crippen molar-refractivity contribution >= 4 is 11.9 Å². The van der Waals surface area contributed by atoms with Crippen LogP contribution in [0.1, 0.15) is 77.6 Å². The van der Waals surface area contributed by atoms with E-state index in [4.69, 9.17) is 0 Å². The Hall–Kier alpha value is -2.62. The number of carbonyl (C=O) groups is 2. The van der Waals surface area contributed by atoms with Crippen molar-refractivity contribution < 1.29 is 14.7 Å². The number of aryl methyl sites for hydroxylation is 2. The van der Waals surface area contributed by atoms with E-state index in [1.165, 1.54) is 11.1 Å². The fourth-order valence-electron chi connectivity index (χ4n) is 4.14. The highest BCUT2D eigenvalue weighted by molar-refractivity contribution is 5.89. The van der Waals surface area contributed by atoms with Crippen LogP contribution in [0, 0.1) is 6.92 Å². The van der Waals surface area contributed by atoms with E-state index < -0.39 is 5.97 Å². The van der Waals surface area contributed by atoms with Crippen molar-refractivity contribution in [2.24, 2.45) is 0 Å². The molecule has 0 aromatic heterocycles. The summed E-state index contributed by atoms with van der Waals surface area (Å²) in [5.74, 6) is 0.112. The second kappa shape index (κ2) is 9.25. The molecule has 29 heavy (non-hydrogen) atoms. The SMILES string of the molecule is Cc1cc(C2CCCN(C(=O)CCc3ccc(C(C)C)cc3)C2)ccc1C(=O)O. The lowest BCUT2D eigenvalue weighted by Crippen LogP contribution is -2.39. The molecule has 1 aliphatic rings. The number of carbonyl (C=O) groups excluding carboxylic acids is 1. The molecule has 0 saturated carbocycles. The van der Waals surface area contributed by atoms with Gasteiger partial charge in [0.25, 0.3) is 0 Å². The highest BCUT2D eigenvalue weighted by atomic mass is 16.4. The highest BCUT2D eigenvalue weighted by Crippen LogP contribution is 2.29. The number of carboxylic acids is 1. The summed E-state index contributed by atoms with van der Waals surface area (Å²) in [7, 11) is 0. The normalized spacial score (nSPS) is 16.8. The zero-order valence-electron chi connectivity index (χ0n) is 17.6. The van der Waals surface area contributed by atoms with Crippen LogP contribution in [0.15, 0.2) is 42.5 Å². The maximum Gasteiger partial charge on any atom is 0.335 e. The van der Waals surface area contributed by atoms with Crippen LogP contribution in [0.2, 0.25) is 0 Å². The van der Waals surface area contributed by atoms with Gasteiger partial charge in [-0.15, -0.1) is 0 Å². The number of hydrogen-bond acceptors (Lipinski definition) is 2. The Morgan fingerprint density at radius 2 is 1.86 bits per heavy atom. The minimum atomic E-state index is -0.893. The van der Waals surface area contributed by atoms with Gasteiger partial charge in [0.2, 0.25) is 5.91 Å². The molecule has 1 fully saturated rings. The van der Waals surface area contributed by atoms with Crippen LogP contribution in [0.3, 0.4) is 0 Å². The van der Waals surface area contributed by atoms with E-state index in [1.807, 2.05) is 24.0 Å². The maximum absolute atomic E-state index is 12.8. The summed E-state index contributed by atoms with van der Waals surface area (Å²) in [5, 5.41) is 9.22. The van der Waals surface area contributed by atoms with Gasteiger partial charge in [0.1, 0.15) is 0 Å². The maximum atomic E-state index is 12.8. The first-order valence-corrected chi connectivity index (χ1v) is 10.6. The predicted molar refractivity (Wildman–Crippen MR) is 116 cm³/mol. The third kappa shape index (κ3) is 5.26. The largest absolute Gasteiger partial charge is 0.478 e. The van der Waals surface area contributed by atoms with Crippen molar-refractivity contribution in [1.29, 1.82) is 0 Å². The average Bonchev–Trinajstić information content (AvgIpc) is 2.72. The molecular formula is C25H31NO3. The number of hydrogen-bond donors (Lipinski definition) is 1. The summed E-state index contributed by atoms with van der Waals surface area (Å²) < 4.78 is 0. The fourth-order valence-corrected chi connectivity index (χ4v) is 4.14. The predicted octanol–water partition coefficient (Wildman–Crippen LogP) is 5.16. The van der Waals surface area contributed by atoms with E-state index in [0.29, 0.717) is 17.9 Å². The number of likely N-dealkylation sites (tertiary alicyclic amines) is 1. The molecule has 0 spiro atoms. The van der Waals surface area contributed by atoms with Gasteiger partial charge in [0, 0.05) is 25.4 Å². The first kappa shape index (κ1) is 21.1. The summed E-state index contributed by atoms with van der Waals surface area (Å²) in [4.78, 5) is 26.0. The Balaban J connectivity index is 1.59. The van der Waals surface area contributed by atoms with Crippen molar-refractivity contribution in [3.63, 3.8) is 0 Å². The number of amides is 1. The molecule has 4 nitrogen and oxygen atoms in total. The first-order valence-electron chi connectivity index (χ1n) is 10.6. The molecule has 1 atom stereocenters. The van der Waals surface area contributed by atoms with Gasteiger partial charge < -0.3 is 10.0 Å². The summed E-state index contributed by atoms with van der Waals surface area (Å²) in [6.07, 6.45) is 3.32. The summed E-state index contributed by atoms with van der Waals surface area (Å²) in [6, 6.07) is 14.1. The third-order valence-corrected chi connectivity index (χ3v) is 6.00. The van der Waals surface area contributed by atoms with E-state index in [1.54, 1.807) is 6.07 Å². The molecule has 154 valence electrons. The first-order chi connectivity index (χ1) is 13.8. The molecule has 2 aromatic rings. The van der Waals surface area contributed by atoms with Gasteiger partial charge >= 0.3 is 5.97 Å². The zero-order valence-corrected chi connectivity index (χ0v) is 17.6. The van der Waals surface area contributed by atoms with Crippen LogP contribution >= 0.6 is 0 Å². The number of nitrogens with zero attached hydrogens (tertiary/aromatic N) is 1. The Morgan fingerprint density at radius 1 is 1.14 bits per heavy atom. The number of rotatable bonds is 6. The summed E-state index contributed by atoms with van der Waals surface area (Å²) in [6.45, 7) is 7.73. The zero-order chi connectivity index (χ0) is 21.0. The molecular weight excluding hydrogens is 362 g/mol. The molecule has 0 bridgehead atoms. The Labute approximate surface area is 173 Å². The van der Waals surface area contributed by atoms with Crippen LogP contribution in [0.4, 0.5) is 0 Å². The van der Waals surface area contributed by atoms with Crippen molar-refractivity contribution in [1.82, 2.24) is 4.90 Å². The molecule has 1 aliphatic heterocycles. The third-order valence-electron chi connectivity index (χ3n) is 6.00. The van der Waals surface area contributed by atoms with E-state index >= 15 is 0 Å². The lowest BCUT2D eigenvalue weighted by molar-refractivity contribution is -0.132. The topological polar surface area (TPSA) is 57.6 Å². The number of piperidine rings is 1. The second-order valence-electron chi connectivity index (χ2n) is 8.45. The van der Waals surface area contributed by atoms with Gasteiger partial charge in [-0.2, -0.15) is 0 Å². The van der Waals surface area contributed by atoms with Crippen molar-refractivity contribution in [2.45, 2.75) is 58.3 Å². The van der Waals surface area contributed by atoms with E-state index in [2.05, 4.69) is 38.1 Å². The van der Waals surface area contributed by atoms with Gasteiger partial charge in [-0.1, -0.05) is 50.2 Å². The van der Waals surface area contributed by atoms with Crippen LogP contribution in [-0.2, 0) is 11.2 Å². The minimum absolute atomic E-state index is 0.210. The second-order valence-corrected chi connectivity index (χ2v) is 8.45. The van der Waals surface area contributed by atoms with Crippen molar-refractivity contribution in [3.8, 4) is 0 Å². The minimum Gasteiger partial charge on any atom is -0.478 e. The van der Waals surface area contributed by atoms with Crippen molar-refractivity contribution in [2.75, 3.05) is 13.1 Å². The molecule has 1 unspecified atom stereocenters. The van der Waals surface area contributed by atoms with Gasteiger partial charge in [0.15, 0.2) is 0 Å². The van der Waals surface area contributed by atoms with E-state index in [-0.39, 0.29) is 11.8 Å². The molecule has 0 aliphatic carbocycles. The Kier molecular flexibility index (Phi) is 6.73. The molecule has 1 saturated heterocycles. The van der Waals surface area contributed by atoms with Crippen LogP contribution in [0.5, 0.6) is 0 Å². The van der Waals surface area contributed by atoms with Crippen LogP contribution < -0.4 is 0 Å². The summed E-state index contributed by atoms with van der Waals surface area (Å²) in [5.41, 5.74) is 4.79. The Bertz CT molecular complexity index is 870. The van der Waals surface area contributed by atoms with Gasteiger partial charge in [-0.05, 0) is 60.4 Å². The molecule has 0 radical (unpaired) electrons. The van der Waals surface area contributed by atoms with Crippen molar-refractivity contribution in [3.05, 3.63) is 70.3 Å². The van der Waals surface area contributed by atoms with E-state index in [9.17, 15) is 14.7 Å². The van der Waals surface area contributed by atoms with Gasteiger partial charge in [0.05, 0.1) is 5.56 Å². The molecule has 3 rings (SSSR count). The van der Waals surface area contributed by atoms with Gasteiger partial charge in [-0.25, -0.2) is 4.79 Å². The Morgan fingerprint density at radius 3 is 2.48 bits per heavy atom. The lowest BCUT2D eigenvalue weighted by Gasteiger charge is -2.33. The smallest absolute Gasteiger partial charge is 0.335 e. The monoisotopic (exact) mass is 393 g/mol. The van der Waals surface area contributed by atoms with Gasteiger partial charge in [-0.3, -0.25) is 4.79 Å². The molecule has 4 heteroatoms. The molecule has 1 N–H and O–H groups in total. The number of benzene rings is 2. The average molecular weight is 394 g/mol.